The van der Waals surface area contributed by atoms with E-state index in [0.717, 1.165) is 24.4 Å². The van der Waals surface area contributed by atoms with Gasteiger partial charge in [-0.1, -0.05) is 29.0 Å². The van der Waals surface area contributed by atoms with Crippen molar-refractivity contribution in [3.05, 3.63) is 53.4 Å². The van der Waals surface area contributed by atoms with Gasteiger partial charge in [0.05, 0.1) is 0 Å². The van der Waals surface area contributed by atoms with E-state index in [-0.39, 0.29) is 23.3 Å². The van der Waals surface area contributed by atoms with E-state index in [1.165, 1.54) is 0 Å². The first-order chi connectivity index (χ1) is 13.0. The maximum Gasteiger partial charge on any atom is 0.354 e. The number of carbonyl (C=O) groups is 2. The second-order valence-corrected chi connectivity index (χ2v) is 6.19. The SMILES string of the molecule is C/C1=C\CC[C@H](NC(=O)c2cc(C(=O)O)ncn2)/C=C/C[C@H]1c1nn[nH]n1. The maximum absolute atomic E-state index is 12.4. The number of nitrogens with one attached hydrogen (secondary N) is 2. The number of hydrogen-bond acceptors (Lipinski definition) is 7. The summed E-state index contributed by atoms with van der Waals surface area (Å²) in [5, 5.41) is 26.1. The number of aromatic carboxylic acids is 1. The number of rotatable bonds is 4. The van der Waals surface area contributed by atoms with Crippen molar-refractivity contribution >= 4 is 11.9 Å². The van der Waals surface area contributed by atoms with Crippen LogP contribution in [0.4, 0.5) is 0 Å². The summed E-state index contributed by atoms with van der Waals surface area (Å²) in [5.74, 6) is -0.973. The molecule has 0 radical (unpaired) electrons. The Labute approximate surface area is 154 Å². The molecule has 0 aromatic carbocycles. The van der Waals surface area contributed by atoms with Crippen LogP contribution < -0.4 is 5.32 Å². The Morgan fingerprint density at radius 1 is 1.30 bits per heavy atom. The number of amides is 1. The van der Waals surface area contributed by atoms with Gasteiger partial charge in [-0.05, 0) is 26.2 Å². The lowest BCUT2D eigenvalue weighted by Crippen LogP contribution is -2.34. The third-order valence-electron chi connectivity index (χ3n) is 4.34. The molecule has 0 fully saturated rings. The number of aromatic nitrogens is 6. The van der Waals surface area contributed by atoms with Gasteiger partial charge in [0.25, 0.3) is 5.91 Å². The topological polar surface area (TPSA) is 147 Å². The average Bonchev–Trinajstić information content (AvgIpc) is 3.20. The summed E-state index contributed by atoms with van der Waals surface area (Å²) in [6, 6.07) is 0.959. The predicted octanol–water partition coefficient (Wildman–Crippen LogP) is 1.26. The normalized spacial score (nSPS) is 23.2. The molecule has 2 heterocycles. The quantitative estimate of drug-likeness (QED) is 0.682. The highest BCUT2D eigenvalue weighted by Gasteiger charge is 2.20. The Kier molecular flexibility index (Phi) is 5.64. The van der Waals surface area contributed by atoms with Crippen LogP contribution in [-0.4, -0.2) is 53.6 Å². The van der Waals surface area contributed by atoms with E-state index in [1.807, 2.05) is 19.1 Å². The fourth-order valence-corrected chi connectivity index (χ4v) is 2.88. The van der Waals surface area contributed by atoms with Gasteiger partial charge < -0.3 is 10.4 Å². The monoisotopic (exact) mass is 369 g/mol. The summed E-state index contributed by atoms with van der Waals surface area (Å²) in [6.07, 6.45) is 9.24. The van der Waals surface area contributed by atoms with Gasteiger partial charge in [0, 0.05) is 18.0 Å². The Morgan fingerprint density at radius 3 is 2.85 bits per heavy atom. The van der Waals surface area contributed by atoms with Gasteiger partial charge >= 0.3 is 5.97 Å². The van der Waals surface area contributed by atoms with Gasteiger partial charge in [-0.2, -0.15) is 5.21 Å². The number of hydrogen-bond donors (Lipinski definition) is 3. The molecule has 140 valence electrons. The molecule has 1 aliphatic carbocycles. The summed E-state index contributed by atoms with van der Waals surface area (Å²) in [4.78, 5) is 30.9. The molecule has 0 aliphatic heterocycles. The fourth-order valence-electron chi connectivity index (χ4n) is 2.88. The number of H-pyrrole nitrogens is 1. The molecule has 0 saturated carbocycles. The van der Waals surface area contributed by atoms with Gasteiger partial charge in [-0.3, -0.25) is 4.79 Å². The zero-order chi connectivity index (χ0) is 19.2. The molecule has 10 heteroatoms. The third-order valence-corrected chi connectivity index (χ3v) is 4.34. The Bertz CT molecular complexity index is 876. The molecule has 2 aromatic heterocycles. The summed E-state index contributed by atoms with van der Waals surface area (Å²) in [6.45, 7) is 2.03. The van der Waals surface area contributed by atoms with Crippen LogP contribution in [0.25, 0.3) is 0 Å². The van der Waals surface area contributed by atoms with Crippen LogP contribution in [-0.2, 0) is 0 Å². The van der Waals surface area contributed by atoms with Crippen molar-refractivity contribution < 1.29 is 14.7 Å². The molecule has 10 nitrogen and oxygen atoms in total. The van der Waals surface area contributed by atoms with Crippen molar-refractivity contribution in [3.63, 3.8) is 0 Å². The first-order valence-electron chi connectivity index (χ1n) is 8.47. The van der Waals surface area contributed by atoms with Crippen molar-refractivity contribution in [1.29, 1.82) is 0 Å². The largest absolute Gasteiger partial charge is 0.477 e. The third kappa shape index (κ3) is 4.60. The van der Waals surface area contributed by atoms with Crippen molar-refractivity contribution in [1.82, 2.24) is 35.9 Å². The van der Waals surface area contributed by atoms with E-state index in [1.54, 1.807) is 0 Å². The van der Waals surface area contributed by atoms with E-state index in [0.29, 0.717) is 18.7 Å². The van der Waals surface area contributed by atoms with Crippen molar-refractivity contribution in [2.45, 2.75) is 38.1 Å². The van der Waals surface area contributed by atoms with E-state index in [4.69, 9.17) is 5.11 Å². The molecule has 0 unspecified atom stereocenters. The number of carboxylic acid groups (broad SMARTS) is 1. The zero-order valence-electron chi connectivity index (χ0n) is 14.7. The van der Waals surface area contributed by atoms with Crippen molar-refractivity contribution in [3.8, 4) is 0 Å². The Balaban J connectivity index is 1.70. The lowest BCUT2D eigenvalue weighted by atomic mass is 9.95. The molecule has 3 N–H and O–H groups in total. The van der Waals surface area contributed by atoms with Gasteiger partial charge in [-0.25, -0.2) is 14.8 Å². The van der Waals surface area contributed by atoms with Crippen LogP contribution in [0.2, 0.25) is 0 Å². The summed E-state index contributed by atoms with van der Waals surface area (Å²) in [7, 11) is 0. The Hall–Kier alpha value is -3.43. The number of tetrazole rings is 1. The van der Waals surface area contributed by atoms with Crippen LogP contribution in [0.3, 0.4) is 0 Å². The van der Waals surface area contributed by atoms with E-state index in [9.17, 15) is 9.59 Å². The number of allylic oxidation sites excluding steroid dienone is 3. The lowest BCUT2D eigenvalue weighted by Gasteiger charge is -2.13. The fraction of sp³-hybridized carbons (Fsp3) is 0.353. The number of carbonyl (C=O) groups excluding carboxylic acids is 1. The molecular formula is C17H19N7O3. The molecule has 3 rings (SSSR count). The highest BCUT2D eigenvalue weighted by atomic mass is 16.4. The van der Waals surface area contributed by atoms with Gasteiger partial charge in [0.1, 0.15) is 12.0 Å². The highest BCUT2D eigenvalue weighted by Crippen LogP contribution is 2.26. The average molecular weight is 369 g/mol. The minimum Gasteiger partial charge on any atom is -0.477 e. The van der Waals surface area contributed by atoms with Crippen molar-refractivity contribution in [2.24, 2.45) is 0 Å². The van der Waals surface area contributed by atoms with Crippen LogP contribution >= 0.6 is 0 Å². The molecule has 27 heavy (non-hydrogen) atoms. The van der Waals surface area contributed by atoms with Gasteiger partial charge in [0.15, 0.2) is 11.5 Å². The predicted molar refractivity (Wildman–Crippen MR) is 93.9 cm³/mol. The second-order valence-electron chi connectivity index (χ2n) is 6.19. The lowest BCUT2D eigenvalue weighted by molar-refractivity contribution is 0.0690. The summed E-state index contributed by atoms with van der Waals surface area (Å²) >= 11 is 0. The van der Waals surface area contributed by atoms with Crippen molar-refractivity contribution in [2.75, 3.05) is 0 Å². The number of nitrogens with zero attached hydrogens (tertiary/aromatic N) is 5. The summed E-state index contributed by atoms with van der Waals surface area (Å²) in [5.41, 5.74) is 0.948. The first-order valence-corrected chi connectivity index (χ1v) is 8.47. The molecule has 1 amide bonds. The number of aromatic amines is 1. The van der Waals surface area contributed by atoms with Crippen LogP contribution in [0.5, 0.6) is 0 Å². The van der Waals surface area contributed by atoms with Gasteiger partial charge in [0.2, 0.25) is 0 Å². The standard InChI is InChI=1S/C17H19N7O3/c1-10-4-2-5-11(6-3-7-12(10)15-21-23-24-22-15)20-16(25)13-8-14(17(26)27)19-9-18-13/h3-4,6,8-9,11-12H,2,5,7H2,1H3,(H,20,25)(H,26,27)(H,21,22,23,24)/b6-3+,10-4+/t11-,12+/m0/s1. The van der Waals surface area contributed by atoms with E-state index >= 15 is 0 Å². The first kappa shape index (κ1) is 18.4. The summed E-state index contributed by atoms with van der Waals surface area (Å²) < 4.78 is 0. The minimum absolute atomic E-state index is 0.0204. The van der Waals surface area contributed by atoms with E-state index < -0.39 is 11.9 Å². The maximum atomic E-state index is 12.4. The molecule has 2 aromatic rings. The number of carboxylic acids is 1. The zero-order valence-corrected chi connectivity index (χ0v) is 14.7. The molecular weight excluding hydrogens is 350 g/mol. The van der Waals surface area contributed by atoms with E-state index in [2.05, 4.69) is 42.0 Å². The molecule has 0 saturated heterocycles. The highest BCUT2D eigenvalue weighted by molar-refractivity contribution is 5.95. The van der Waals surface area contributed by atoms with Crippen LogP contribution in [0.1, 0.15) is 58.9 Å². The molecule has 2 atom stereocenters. The van der Waals surface area contributed by atoms with Crippen LogP contribution in [0, 0.1) is 0 Å². The second kappa shape index (κ2) is 8.30. The molecule has 0 spiro atoms. The van der Waals surface area contributed by atoms with Crippen LogP contribution in [0.15, 0.2) is 36.2 Å². The molecule has 0 bridgehead atoms. The smallest absolute Gasteiger partial charge is 0.354 e. The minimum atomic E-state index is -1.21. The Morgan fingerprint density at radius 2 is 2.11 bits per heavy atom. The van der Waals surface area contributed by atoms with Gasteiger partial charge in [-0.15, -0.1) is 10.2 Å². The molecule has 1 aliphatic rings.